The van der Waals surface area contributed by atoms with Crippen LogP contribution in [0.1, 0.15) is 28.9 Å². The fourth-order valence-electron chi connectivity index (χ4n) is 3.51. The Morgan fingerprint density at radius 2 is 1.96 bits per heavy atom. The molecule has 4 nitrogen and oxygen atoms in total. The number of fused-ring (bicyclic) bond motifs is 1. The van der Waals surface area contributed by atoms with Crippen molar-refractivity contribution in [1.29, 1.82) is 0 Å². The molecule has 3 aromatic rings. The predicted molar refractivity (Wildman–Crippen MR) is 107 cm³/mol. The summed E-state index contributed by atoms with van der Waals surface area (Å²) in [4.78, 5) is 19.5. The van der Waals surface area contributed by atoms with Crippen LogP contribution in [0.25, 0.3) is 10.9 Å². The van der Waals surface area contributed by atoms with Crippen molar-refractivity contribution in [2.45, 2.75) is 19.8 Å². The van der Waals surface area contributed by atoms with Crippen molar-refractivity contribution >= 4 is 39.8 Å². The zero-order chi connectivity index (χ0) is 19.0. The molecule has 0 bridgehead atoms. The van der Waals surface area contributed by atoms with E-state index in [2.05, 4.69) is 15.2 Å². The maximum Gasteiger partial charge on any atom is 0.257 e. The molecule has 2 heterocycles. The number of amides is 1. The van der Waals surface area contributed by atoms with Gasteiger partial charge in [-0.2, -0.15) is 0 Å². The molecular formula is C21H19ClFN3O. The summed E-state index contributed by atoms with van der Waals surface area (Å²) in [5.74, 6) is -0.824. The Labute approximate surface area is 162 Å². The summed E-state index contributed by atoms with van der Waals surface area (Å²) >= 11 is 6.05. The van der Waals surface area contributed by atoms with Gasteiger partial charge in [-0.15, -0.1) is 0 Å². The van der Waals surface area contributed by atoms with Gasteiger partial charge < -0.3 is 10.2 Å². The Balaban J connectivity index is 1.71. The Morgan fingerprint density at radius 3 is 2.74 bits per heavy atom. The van der Waals surface area contributed by atoms with Crippen LogP contribution >= 0.6 is 11.6 Å². The molecule has 0 unspecified atom stereocenters. The highest BCUT2D eigenvalue weighted by atomic mass is 35.5. The van der Waals surface area contributed by atoms with Crippen LogP contribution in [0.5, 0.6) is 0 Å². The van der Waals surface area contributed by atoms with Crippen LogP contribution in [0.15, 0.2) is 42.5 Å². The topological polar surface area (TPSA) is 45.2 Å². The maximum absolute atomic E-state index is 14.5. The van der Waals surface area contributed by atoms with E-state index in [9.17, 15) is 9.18 Å². The van der Waals surface area contributed by atoms with Crippen LogP contribution in [-0.2, 0) is 0 Å². The van der Waals surface area contributed by atoms with E-state index in [1.54, 1.807) is 31.2 Å². The molecule has 1 N–H and O–H groups in total. The Kier molecular flexibility index (Phi) is 4.70. The molecule has 0 aliphatic carbocycles. The van der Waals surface area contributed by atoms with Gasteiger partial charge in [0.15, 0.2) is 0 Å². The van der Waals surface area contributed by atoms with Gasteiger partial charge in [0.1, 0.15) is 11.5 Å². The number of pyridine rings is 1. The van der Waals surface area contributed by atoms with E-state index >= 15 is 0 Å². The minimum atomic E-state index is -0.442. The van der Waals surface area contributed by atoms with Crippen LogP contribution in [0.2, 0.25) is 5.02 Å². The molecule has 0 saturated carbocycles. The third-order valence-corrected chi connectivity index (χ3v) is 5.12. The van der Waals surface area contributed by atoms with E-state index in [1.807, 2.05) is 12.1 Å². The quantitative estimate of drug-likeness (QED) is 0.677. The van der Waals surface area contributed by atoms with Gasteiger partial charge in [-0.25, -0.2) is 4.39 Å². The van der Waals surface area contributed by atoms with Gasteiger partial charge in [0.05, 0.1) is 22.5 Å². The Hall–Kier alpha value is -2.66. The second kappa shape index (κ2) is 7.16. The number of rotatable bonds is 3. The summed E-state index contributed by atoms with van der Waals surface area (Å²) in [6, 6.07) is 12.0. The van der Waals surface area contributed by atoms with Gasteiger partial charge in [0.25, 0.3) is 5.91 Å². The van der Waals surface area contributed by atoms with Crippen molar-refractivity contribution in [3.05, 3.63) is 64.6 Å². The number of halogens is 2. The largest absolute Gasteiger partial charge is 0.370 e. The smallest absolute Gasteiger partial charge is 0.257 e. The molecule has 4 rings (SSSR count). The number of hydrogen-bond donors (Lipinski definition) is 1. The molecule has 27 heavy (non-hydrogen) atoms. The molecule has 1 fully saturated rings. The lowest BCUT2D eigenvalue weighted by atomic mass is 10.1. The van der Waals surface area contributed by atoms with E-state index in [0.717, 1.165) is 42.5 Å². The van der Waals surface area contributed by atoms with Crippen LogP contribution in [-0.4, -0.2) is 24.0 Å². The zero-order valence-corrected chi connectivity index (χ0v) is 15.7. The van der Waals surface area contributed by atoms with Gasteiger partial charge >= 0.3 is 0 Å². The Bertz CT molecular complexity index is 1030. The van der Waals surface area contributed by atoms with E-state index < -0.39 is 5.82 Å². The molecule has 1 saturated heterocycles. The highest BCUT2D eigenvalue weighted by Gasteiger charge is 2.21. The minimum Gasteiger partial charge on any atom is -0.370 e. The number of aromatic nitrogens is 1. The summed E-state index contributed by atoms with van der Waals surface area (Å²) < 4.78 is 14.5. The Morgan fingerprint density at radius 1 is 1.19 bits per heavy atom. The number of benzene rings is 2. The standard InChI is InChI=1S/C21H19ClFN3O/c1-13-16(12-14-11-15(22)7-8-18(14)24-13)21(27)25-20-17(23)5-4-6-19(20)26-9-2-3-10-26/h4-8,11-12H,2-3,9-10H2,1H3,(H,25,27). The number of aryl methyl sites for hydroxylation is 1. The first kappa shape index (κ1) is 17.7. The number of anilines is 2. The molecule has 0 atom stereocenters. The summed E-state index contributed by atoms with van der Waals surface area (Å²) in [5, 5.41) is 4.11. The van der Waals surface area contributed by atoms with Gasteiger partial charge in [-0.3, -0.25) is 9.78 Å². The second-order valence-corrected chi connectivity index (χ2v) is 7.18. The van der Waals surface area contributed by atoms with Gasteiger partial charge in [0, 0.05) is 23.5 Å². The first-order valence-electron chi connectivity index (χ1n) is 8.94. The van der Waals surface area contributed by atoms with Crippen molar-refractivity contribution in [3.63, 3.8) is 0 Å². The number of nitrogens with zero attached hydrogens (tertiary/aromatic N) is 2. The lowest BCUT2D eigenvalue weighted by Crippen LogP contribution is -2.22. The van der Waals surface area contributed by atoms with Crippen molar-refractivity contribution in [1.82, 2.24) is 4.98 Å². The van der Waals surface area contributed by atoms with Crippen molar-refractivity contribution < 1.29 is 9.18 Å². The third kappa shape index (κ3) is 3.47. The first-order valence-corrected chi connectivity index (χ1v) is 9.32. The van der Waals surface area contributed by atoms with E-state index in [4.69, 9.17) is 11.6 Å². The minimum absolute atomic E-state index is 0.218. The van der Waals surface area contributed by atoms with E-state index in [0.29, 0.717) is 16.3 Å². The normalized spacial score (nSPS) is 14.0. The van der Waals surface area contributed by atoms with Crippen LogP contribution in [0.4, 0.5) is 15.8 Å². The predicted octanol–water partition coefficient (Wildman–Crippen LogP) is 5.19. The molecule has 138 valence electrons. The summed E-state index contributed by atoms with van der Waals surface area (Å²) in [5.41, 5.74) is 2.68. The summed E-state index contributed by atoms with van der Waals surface area (Å²) in [7, 11) is 0. The average molecular weight is 384 g/mol. The molecule has 0 spiro atoms. The fraction of sp³-hybridized carbons (Fsp3) is 0.238. The number of carbonyl (C=O) groups excluding carboxylic acids is 1. The number of para-hydroxylation sites is 1. The highest BCUT2D eigenvalue weighted by Crippen LogP contribution is 2.32. The van der Waals surface area contributed by atoms with Crippen molar-refractivity contribution in [3.8, 4) is 0 Å². The average Bonchev–Trinajstić information content (AvgIpc) is 3.17. The van der Waals surface area contributed by atoms with Gasteiger partial charge in [0.2, 0.25) is 0 Å². The first-order chi connectivity index (χ1) is 13.0. The van der Waals surface area contributed by atoms with E-state index in [-0.39, 0.29) is 11.6 Å². The SMILES string of the molecule is Cc1nc2ccc(Cl)cc2cc1C(=O)Nc1c(F)cccc1N1CCCC1. The number of carbonyl (C=O) groups is 1. The van der Waals surface area contributed by atoms with Crippen LogP contribution in [0.3, 0.4) is 0 Å². The summed E-state index contributed by atoms with van der Waals surface area (Å²) in [6.07, 6.45) is 2.14. The van der Waals surface area contributed by atoms with Crippen molar-refractivity contribution in [2.75, 3.05) is 23.3 Å². The van der Waals surface area contributed by atoms with Crippen molar-refractivity contribution in [2.24, 2.45) is 0 Å². The summed E-state index contributed by atoms with van der Waals surface area (Å²) in [6.45, 7) is 3.49. The highest BCUT2D eigenvalue weighted by molar-refractivity contribution is 6.31. The van der Waals surface area contributed by atoms with Gasteiger partial charge in [-0.1, -0.05) is 17.7 Å². The fourth-order valence-corrected chi connectivity index (χ4v) is 3.69. The van der Waals surface area contributed by atoms with E-state index in [1.165, 1.54) is 6.07 Å². The molecule has 1 aliphatic rings. The lowest BCUT2D eigenvalue weighted by molar-refractivity contribution is 0.102. The van der Waals surface area contributed by atoms with Gasteiger partial charge in [-0.05, 0) is 56.2 Å². The zero-order valence-electron chi connectivity index (χ0n) is 14.9. The maximum atomic E-state index is 14.5. The molecule has 2 aromatic carbocycles. The number of hydrogen-bond acceptors (Lipinski definition) is 3. The molecule has 1 aliphatic heterocycles. The van der Waals surface area contributed by atoms with Crippen LogP contribution < -0.4 is 10.2 Å². The second-order valence-electron chi connectivity index (χ2n) is 6.74. The molecule has 0 radical (unpaired) electrons. The molecule has 1 aromatic heterocycles. The molecular weight excluding hydrogens is 365 g/mol. The van der Waals surface area contributed by atoms with Crippen LogP contribution in [0, 0.1) is 12.7 Å². The monoisotopic (exact) mass is 383 g/mol. The molecule has 6 heteroatoms. The number of nitrogens with one attached hydrogen (secondary N) is 1. The molecule has 1 amide bonds. The lowest BCUT2D eigenvalue weighted by Gasteiger charge is -2.22. The third-order valence-electron chi connectivity index (χ3n) is 4.89.